The summed E-state index contributed by atoms with van der Waals surface area (Å²) < 4.78 is 12.9. The summed E-state index contributed by atoms with van der Waals surface area (Å²) in [5.74, 6) is 0.144. The maximum absolute atomic E-state index is 12.9. The zero-order valence-corrected chi connectivity index (χ0v) is 11.3. The Hall–Kier alpha value is -2.69. The number of nitrogens with zero attached hydrogens (tertiary/aromatic N) is 2. The Bertz CT molecular complexity index is 668. The number of guanidine groups is 1. The highest BCUT2D eigenvalue weighted by Gasteiger charge is 2.25. The number of nitrogens with one attached hydrogen (secondary N) is 1. The van der Waals surface area contributed by atoms with Crippen LogP contribution in [-0.4, -0.2) is 23.3 Å². The van der Waals surface area contributed by atoms with Crippen LogP contribution in [0.5, 0.6) is 0 Å². The predicted octanol–water partition coefficient (Wildman–Crippen LogP) is 2.64. The van der Waals surface area contributed by atoms with E-state index in [1.165, 1.54) is 12.1 Å². The number of hydrogen-bond acceptors (Lipinski definition) is 3. The number of aliphatic imine (C=N–C) groups is 1. The largest absolute Gasteiger partial charge is 0.326 e. The third-order valence-corrected chi connectivity index (χ3v) is 3.20. The van der Waals surface area contributed by atoms with Crippen molar-refractivity contribution in [2.24, 2.45) is 4.99 Å². The van der Waals surface area contributed by atoms with Gasteiger partial charge in [0.1, 0.15) is 12.4 Å². The van der Waals surface area contributed by atoms with E-state index in [-0.39, 0.29) is 18.3 Å². The highest BCUT2D eigenvalue weighted by molar-refractivity contribution is 6.08. The van der Waals surface area contributed by atoms with Crippen molar-refractivity contribution in [2.75, 3.05) is 11.9 Å². The highest BCUT2D eigenvalue weighted by atomic mass is 19.1. The molecule has 106 valence electrons. The SMILES string of the molecule is O=C1CN=C(Nc2ccc(F)cc2)N1Cc1ccccc1. The van der Waals surface area contributed by atoms with E-state index in [2.05, 4.69) is 10.3 Å². The van der Waals surface area contributed by atoms with E-state index in [0.29, 0.717) is 18.2 Å². The van der Waals surface area contributed by atoms with Crippen molar-refractivity contribution in [1.82, 2.24) is 4.90 Å². The molecule has 1 heterocycles. The van der Waals surface area contributed by atoms with E-state index < -0.39 is 0 Å². The van der Waals surface area contributed by atoms with Crippen LogP contribution in [0.3, 0.4) is 0 Å². The van der Waals surface area contributed by atoms with Gasteiger partial charge in [-0.3, -0.25) is 9.69 Å². The first-order chi connectivity index (χ1) is 10.2. The Labute approximate surface area is 121 Å². The van der Waals surface area contributed by atoms with Crippen LogP contribution in [-0.2, 0) is 11.3 Å². The van der Waals surface area contributed by atoms with Crippen LogP contribution in [0.4, 0.5) is 10.1 Å². The van der Waals surface area contributed by atoms with Crippen LogP contribution in [0.2, 0.25) is 0 Å². The summed E-state index contributed by atoms with van der Waals surface area (Å²) in [5, 5.41) is 3.06. The molecule has 21 heavy (non-hydrogen) atoms. The molecule has 2 aromatic rings. The molecule has 5 heteroatoms. The fraction of sp³-hybridized carbons (Fsp3) is 0.125. The minimum atomic E-state index is -0.300. The summed E-state index contributed by atoms with van der Waals surface area (Å²) in [7, 11) is 0. The molecule has 0 unspecified atom stereocenters. The van der Waals surface area contributed by atoms with E-state index in [9.17, 15) is 9.18 Å². The molecule has 3 rings (SSSR count). The maximum atomic E-state index is 12.9. The lowest BCUT2D eigenvalue weighted by Gasteiger charge is -2.19. The van der Waals surface area contributed by atoms with Gasteiger partial charge in [-0.1, -0.05) is 30.3 Å². The molecule has 0 bridgehead atoms. The number of benzene rings is 2. The molecule has 1 amide bonds. The first-order valence-corrected chi connectivity index (χ1v) is 6.64. The van der Waals surface area contributed by atoms with Gasteiger partial charge in [-0.2, -0.15) is 0 Å². The molecule has 4 nitrogen and oxygen atoms in total. The number of amides is 1. The number of carbonyl (C=O) groups excluding carboxylic acids is 1. The smallest absolute Gasteiger partial charge is 0.251 e. The van der Waals surface area contributed by atoms with E-state index in [4.69, 9.17) is 0 Å². The molecule has 0 aromatic heterocycles. The van der Waals surface area contributed by atoms with E-state index in [1.807, 2.05) is 30.3 Å². The molecule has 1 N–H and O–H groups in total. The van der Waals surface area contributed by atoms with Gasteiger partial charge in [0.25, 0.3) is 5.91 Å². The van der Waals surface area contributed by atoms with Gasteiger partial charge in [-0.25, -0.2) is 9.38 Å². The van der Waals surface area contributed by atoms with Gasteiger partial charge in [-0.05, 0) is 29.8 Å². The Morgan fingerprint density at radius 1 is 1.10 bits per heavy atom. The minimum Gasteiger partial charge on any atom is -0.326 e. The summed E-state index contributed by atoms with van der Waals surface area (Å²) in [5.41, 5.74) is 1.73. The van der Waals surface area contributed by atoms with Crippen LogP contribution in [0.25, 0.3) is 0 Å². The van der Waals surface area contributed by atoms with Gasteiger partial charge in [0.2, 0.25) is 5.96 Å². The summed E-state index contributed by atoms with van der Waals surface area (Å²) in [6.07, 6.45) is 0. The average molecular weight is 283 g/mol. The minimum absolute atomic E-state index is 0.0523. The Kier molecular flexibility index (Phi) is 3.64. The van der Waals surface area contributed by atoms with Crippen LogP contribution in [0.1, 0.15) is 5.56 Å². The van der Waals surface area contributed by atoms with Crippen LogP contribution in [0, 0.1) is 5.82 Å². The molecule has 1 aliphatic rings. The van der Waals surface area contributed by atoms with E-state index in [1.54, 1.807) is 17.0 Å². The summed E-state index contributed by atoms with van der Waals surface area (Å²) in [6.45, 7) is 0.600. The molecule has 0 radical (unpaired) electrons. The van der Waals surface area contributed by atoms with Gasteiger partial charge in [0.15, 0.2) is 0 Å². The highest BCUT2D eigenvalue weighted by Crippen LogP contribution is 2.14. The summed E-state index contributed by atoms with van der Waals surface area (Å²) >= 11 is 0. The molecule has 0 saturated heterocycles. The second-order valence-corrected chi connectivity index (χ2v) is 4.74. The Morgan fingerprint density at radius 2 is 1.81 bits per heavy atom. The van der Waals surface area contributed by atoms with Crippen molar-refractivity contribution in [1.29, 1.82) is 0 Å². The standard InChI is InChI=1S/C16H14FN3O/c17-13-6-8-14(9-7-13)19-16-18-10-15(21)20(16)11-12-4-2-1-3-5-12/h1-9H,10-11H2,(H,18,19). The van der Waals surface area contributed by atoms with Crippen molar-refractivity contribution in [2.45, 2.75) is 6.54 Å². The molecule has 0 aliphatic carbocycles. The molecule has 0 atom stereocenters. The van der Waals surface area contributed by atoms with Gasteiger partial charge < -0.3 is 5.32 Å². The van der Waals surface area contributed by atoms with Crippen LogP contribution >= 0.6 is 0 Å². The molecular formula is C16H14FN3O. The number of carbonyl (C=O) groups is 1. The Balaban J connectivity index is 1.74. The molecule has 1 aliphatic heterocycles. The number of hydrogen-bond donors (Lipinski definition) is 1. The van der Waals surface area contributed by atoms with Gasteiger partial charge >= 0.3 is 0 Å². The number of rotatable bonds is 3. The zero-order valence-electron chi connectivity index (χ0n) is 11.3. The molecular weight excluding hydrogens is 269 g/mol. The zero-order chi connectivity index (χ0) is 14.7. The fourth-order valence-corrected chi connectivity index (χ4v) is 2.13. The predicted molar refractivity (Wildman–Crippen MR) is 79.3 cm³/mol. The van der Waals surface area contributed by atoms with Gasteiger partial charge in [0.05, 0.1) is 6.54 Å². The van der Waals surface area contributed by atoms with Crippen molar-refractivity contribution in [3.63, 3.8) is 0 Å². The molecule has 2 aromatic carbocycles. The second-order valence-electron chi connectivity index (χ2n) is 4.74. The third-order valence-electron chi connectivity index (χ3n) is 3.20. The summed E-state index contributed by atoms with van der Waals surface area (Å²) in [4.78, 5) is 17.7. The lowest BCUT2D eigenvalue weighted by molar-refractivity contribution is -0.125. The molecule has 0 fully saturated rings. The van der Waals surface area contributed by atoms with Crippen molar-refractivity contribution in [3.05, 3.63) is 66.0 Å². The molecule has 0 saturated carbocycles. The first kappa shape index (κ1) is 13.3. The lowest BCUT2D eigenvalue weighted by Crippen LogP contribution is -2.36. The Morgan fingerprint density at radius 3 is 2.52 bits per heavy atom. The van der Waals surface area contributed by atoms with E-state index in [0.717, 1.165) is 5.56 Å². The monoisotopic (exact) mass is 283 g/mol. The number of anilines is 1. The third kappa shape index (κ3) is 3.08. The topological polar surface area (TPSA) is 44.7 Å². The quantitative estimate of drug-likeness (QED) is 0.941. The van der Waals surface area contributed by atoms with Crippen molar-refractivity contribution >= 4 is 17.6 Å². The second kappa shape index (κ2) is 5.75. The lowest BCUT2D eigenvalue weighted by atomic mass is 10.2. The van der Waals surface area contributed by atoms with Gasteiger partial charge in [-0.15, -0.1) is 0 Å². The van der Waals surface area contributed by atoms with Crippen LogP contribution in [0.15, 0.2) is 59.6 Å². The van der Waals surface area contributed by atoms with Crippen LogP contribution < -0.4 is 5.32 Å². The van der Waals surface area contributed by atoms with E-state index >= 15 is 0 Å². The average Bonchev–Trinajstić information content (AvgIpc) is 2.84. The fourth-order valence-electron chi connectivity index (χ4n) is 2.13. The normalized spacial score (nSPS) is 14.2. The van der Waals surface area contributed by atoms with Crippen molar-refractivity contribution < 1.29 is 9.18 Å². The summed E-state index contributed by atoms with van der Waals surface area (Å²) in [6, 6.07) is 15.7. The maximum Gasteiger partial charge on any atom is 0.251 e. The van der Waals surface area contributed by atoms with Crippen molar-refractivity contribution in [3.8, 4) is 0 Å². The first-order valence-electron chi connectivity index (χ1n) is 6.64. The molecule has 0 spiro atoms. The van der Waals surface area contributed by atoms with Gasteiger partial charge in [0, 0.05) is 5.69 Å². The number of halogens is 1.